The van der Waals surface area contributed by atoms with Gasteiger partial charge in [0.05, 0.1) is 20.3 Å². The first-order chi connectivity index (χ1) is 10.1. The highest BCUT2D eigenvalue weighted by Gasteiger charge is 2.03. The largest absolute Gasteiger partial charge is 0.493 e. The highest BCUT2D eigenvalue weighted by Crippen LogP contribution is 2.25. The van der Waals surface area contributed by atoms with Gasteiger partial charge in [-0.05, 0) is 44.7 Å². The summed E-state index contributed by atoms with van der Waals surface area (Å²) in [7, 11) is 1.63. The molecule has 0 aliphatic rings. The highest BCUT2D eigenvalue weighted by molar-refractivity contribution is 5.86. The van der Waals surface area contributed by atoms with E-state index in [0.717, 1.165) is 37.2 Å². The number of carbonyl (C=O) groups is 1. The number of ether oxygens (including phenoxy) is 3. The standard InChI is InChI=1S/C17H24O4/c1-14(2)17(18)21-13-9-5-4-8-12-20-16-11-7-6-10-15(16)19-3/h6-7,10-11H,1,4-5,8-9,12-13H2,2-3H3. The van der Waals surface area contributed by atoms with Gasteiger partial charge in [0.25, 0.3) is 0 Å². The first kappa shape index (κ1) is 17.1. The van der Waals surface area contributed by atoms with Crippen molar-refractivity contribution in [2.24, 2.45) is 0 Å². The normalized spacial score (nSPS) is 10.0. The molecule has 4 nitrogen and oxygen atoms in total. The van der Waals surface area contributed by atoms with E-state index in [2.05, 4.69) is 6.58 Å². The maximum absolute atomic E-state index is 11.1. The molecule has 0 spiro atoms. The van der Waals surface area contributed by atoms with Crippen LogP contribution in [0.1, 0.15) is 32.6 Å². The molecule has 21 heavy (non-hydrogen) atoms. The third kappa shape index (κ3) is 6.84. The van der Waals surface area contributed by atoms with Crippen molar-refractivity contribution >= 4 is 5.97 Å². The summed E-state index contributed by atoms with van der Waals surface area (Å²) in [6, 6.07) is 7.62. The Morgan fingerprint density at radius 2 is 1.67 bits per heavy atom. The van der Waals surface area contributed by atoms with Crippen molar-refractivity contribution in [2.75, 3.05) is 20.3 Å². The van der Waals surface area contributed by atoms with Crippen LogP contribution in [0.5, 0.6) is 11.5 Å². The van der Waals surface area contributed by atoms with Gasteiger partial charge in [-0.15, -0.1) is 0 Å². The molecule has 1 aromatic rings. The number of para-hydroxylation sites is 2. The number of methoxy groups -OCH3 is 1. The van der Waals surface area contributed by atoms with Crippen molar-refractivity contribution in [1.82, 2.24) is 0 Å². The molecule has 1 rings (SSSR count). The van der Waals surface area contributed by atoms with E-state index in [9.17, 15) is 4.79 Å². The summed E-state index contributed by atoms with van der Waals surface area (Å²) in [5.41, 5.74) is 0.445. The minimum absolute atomic E-state index is 0.311. The average molecular weight is 292 g/mol. The van der Waals surface area contributed by atoms with E-state index in [1.54, 1.807) is 14.0 Å². The first-order valence-electron chi connectivity index (χ1n) is 7.23. The molecule has 0 bridgehead atoms. The lowest BCUT2D eigenvalue weighted by Gasteiger charge is -2.10. The Labute approximate surface area is 126 Å². The van der Waals surface area contributed by atoms with Gasteiger partial charge < -0.3 is 14.2 Å². The fraction of sp³-hybridized carbons (Fsp3) is 0.471. The second-order valence-electron chi connectivity index (χ2n) is 4.83. The van der Waals surface area contributed by atoms with Crippen molar-refractivity contribution < 1.29 is 19.0 Å². The molecule has 0 atom stereocenters. The Balaban J connectivity index is 2.05. The molecular formula is C17H24O4. The lowest BCUT2D eigenvalue weighted by atomic mass is 10.2. The molecule has 0 fully saturated rings. The number of hydrogen-bond acceptors (Lipinski definition) is 4. The number of esters is 1. The second-order valence-corrected chi connectivity index (χ2v) is 4.83. The molecule has 4 heteroatoms. The lowest BCUT2D eigenvalue weighted by molar-refractivity contribution is -0.139. The van der Waals surface area contributed by atoms with E-state index in [-0.39, 0.29) is 5.97 Å². The molecular weight excluding hydrogens is 268 g/mol. The molecule has 0 unspecified atom stereocenters. The predicted octanol–water partition coefficient (Wildman–Crippen LogP) is 3.75. The summed E-state index contributed by atoms with van der Waals surface area (Å²) in [6.45, 7) is 6.30. The van der Waals surface area contributed by atoms with Crippen LogP contribution in [0.3, 0.4) is 0 Å². The zero-order chi connectivity index (χ0) is 15.5. The summed E-state index contributed by atoms with van der Waals surface area (Å²) in [5, 5.41) is 0. The van der Waals surface area contributed by atoms with Crippen molar-refractivity contribution in [3.8, 4) is 11.5 Å². The molecule has 0 saturated carbocycles. The van der Waals surface area contributed by atoms with E-state index < -0.39 is 0 Å². The van der Waals surface area contributed by atoms with Crippen LogP contribution < -0.4 is 9.47 Å². The molecule has 1 aromatic carbocycles. The Hall–Kier alpha value is -1.97. The second kappa shape index (κ2) is 9.86. The van der Waals surface area contributed by atoms with Crippen LogP contribution in [0.2, 0.25) is 0 Å². The van der Waals surface area contributed by atoms with E-state index in [4.69, 9.17) is 14.2 Å². The Morgan fingerprint density at radius 3 is 2.29 bits per heavy atom. The van der Waals surface area contributed by atoms with Crippen molar-refractivity contribution in [3.63, 3.8) is 0 Å². The minimum Gasteiger partial charge on any atom is -0.493 e. The molecule has 0 saturated heterocycles. The molecule has 0 aromatic heterocycles. The summed E-state index contributed by atoms with van der Waals surface area (Å²) < 4.78 is 15.9. The van der Waals surface area contributed by atoms with Crippen molar-refractivity contribution in [1.29, 1.82) is 0 Å². The van der Waals surface area contributed by atoms with Gasteiger partial charge in [-0.25, -0.2) is 4.79 Å². The fourth-order valence-electron chi connectivity index (χ4n) is 1.77. The maximum Gasteiger partial charge on any atom is 0.333 e. The third-order valence-electron chi connectivity index (χ3n) is 2.95. The number of benzene rings is 1. The summed E-state index contributed by atoms with van der Waals surface area (Å²) >= 11 is 0. The molecule has 0 radical (unpaired) electrons. The third-order valence-corrected chi connectivity index (χ3v) is 2.95. The Kier molecular flexibility index (Phi) is 8.02. The van der Waals surface area contributed by atoms with E-state index in [1.807, 2.05) is 24.3 Å². The molecule has 116 valence electrons. The molecule has 0 aliphatic heterocycles. The summed E-state index contributed by atoms with van der Waals surface area (Å²) in [4.78, 5) is 11.1. The molecule has 0 aliphatic carbocycles. The monoisotopic (exact) mass is 292 g/mol. The Morgan fingerprint density at radius 1 is 1.05 bits per heavy atom. The maximum atomic E-state index is 11.1. The average Bonchev–Trinajstić information content (AvgIpc) is 2.49. The predicted molar refractivity (Wildman–Crippen MR) is 82.7 cm³/mol. The van der Waals surface area contributed by atoms with Gasteiger partial charge in [0.15, 0.2) is 11.5 Å². The van der Waals surface area contributed by atoms with Gasteiger partial charge in [0.2, 0.25) is 0 Å². The van der Waals surface area contributed by atoms with Crippen molar-refractivity contribution in [3.05, 3.63) is 36.4 Å². The molecule has 0 amide bonds. The van der Waals surface area contributed by atoms with Gasteiger partial charge in [0.1, 0.15) is 0 Å². The topological polar surface area (TPSA) is 44.8 Å². The van der Waals surface area contributed by atoms with E-state index >= 15 is 0 Å². The SMILES string of the molecule is C=C(C)C(=O)OCCCCCCOc1ccccc1OC. The van der Waals surface area contributed by atoms with Crippen LogP contribution in [0, 0.1) is 0 Å². The van der Waals surface area contributed by atoms with E-state index in [0.29, 0.717) is 18.8 Å². The van der Waals surface area contributed by atoms with Crippen LogP contribution in [0.4, 0.5) is 0 Å². The zero-order valence-electron chi connectivity index (χ0n) is 12.9. The van der Waals surface area contributed by atoms with Gasteiger partial charge in [-0.3, -0.25) is 0 Å². The van der Waals surface area contributed by atoms with Crippen LogP contribution in [-0.2, 0) is 9.53 Å². The molecule has 0 heterocycles. The van der Waals surface area contributed by atoms with E-state index in [1.165, 1.54) is 0 Å². The van der Waals surface area contributed by atoms with Gasteiger partial charge in [0, 0.05) is 5.57 Å². The smallest absolute Gasteiger partial charge is 0.333 e. The Bertz CT molecular complexity index is 454. The molecule has 0 N–H and O–H groups in total. The number of hydrogen-bond donors (Lipinski definition) is 0. The number of unbranched alkanes of at least 4 members (excludes halogenated alkanes) is 3. The number of carbonyl (C=O) groups excluding carboxylic acids is 1. The zero-order valence-corrected chi connectivity index (χ0v) is 12.9. The van der Waals surface area contributed by atoms with Crippen LogP contribution in [0.15, 0.2) is 36.4 Å². The fourth-order valence-corrected chi connectivity index (χ4v) is 1.77. The first-order valence-corrected chi connectivity index (χ1v) is 7.23. The van der Waals surface area contributed by atoms with Gasteiger partial charge in [-0.2, -0.15) is 0 Å². The van der Waals surface area contributed by atoms with Gasteiger partial charge in [-0.1, -0.05) is 18.7 Å². The van der Waals surface area contributed by atoms with Crippen LogP contribution in [-0.4, -0.2) is 26.3 Å². The quantitative estimate of drug-likeness (QED) is 0.374. The van der Waals surface area contributed by atoms with Crippen molar-refractivity contribution in [2.45, 2.75) is 32.6 Å². The number of rotatable bonds is 10. The summed E-state index contributed by atoms with van der Waals surface area (Å²) in [6.07, 6.45) is 3.89. The summed E-state index contributed by atoms with van der Waals surface area (Å²) in [5.74, 6) is 1.22. The van der Waals surface area contributed by atoms with Crippen LogP contribution in [0.25, 0.3) is 0 Å². The highest BCUT2D eigenvalue weighted by atomic mass is 16.5. The van der Waals surface area contributed by atoms with Gasteiger partial charge >= 0.3 is 5.97 Å². The van der Waals surface area contributed by atoms with Crippen LogP contribution >= 0.6 is 0 Å². The lowest BCUT2D eigenvalue weighted by Crippen LogP contribution is -2.06. The minimum atomic E-state index is -0.311.